The predicted molar refractivity (Wildman–Crippen MR) is 68.9 cm³/mol. The summed E-state index contributed by atoms with van der Waals surface area (Å²) in [6.45, 7) is 0. The summed E-state index contributed by atoms with van der Waals surface area (Å²) in [4.78, 5) is 0. The van der Waals surface area contributed by atoms with Gasteiger partial charge in [0.05, 0.1) is 6.10 Å². The molecular formula is C16H15FO. The highest BCUT2D eigenvalue weighted by molar-refractivity contribution is 5.38. The Hall–Kier alpha value is -1.67. The smallest absolute Gasteiger partial charge is 0.123 e. The molecule has 2 atom stereocenters. The predicted octanol–water partition coefficient (Wildman–Crippen LogP) is 3.59. The van der Waals surface area contributed by atoms with Crippen molar-refractivity contribution in [2.75, 3.05) is 0 Å². The van der Waals surface area contributed by atoms with E-state index in [1.807, 2.05) is 24.3 Å². The van der Waals surface area contributed by atoms with E-state index in [1.165, 1.54) is 11.6 Å². The van der Waals surface area contributed by atoms with Crippen LogP contribution in [0.15, 0.2) is 48.5 Å². The number of hydrogen-bond acceptors (Lipinski definition) is 1. The maximum atomic E-state index is 13.2. The molecule has 1 aliphatic carbocycles. The Labute approximate surface area is 106 Å². The van der Waals surface area contributed by atoms with E-state index in [0.29, 0.717) is 0 Å². The van der Waals surface area contributed by atoms with Gasteiger partial charge in [0, 0.05) is 0 Å². The van der Waals surface area contributed by atoms with E-state index in [-0.39, 0.29) is 17.8 Å². The third-order valence-electron chi connectivity index (χ3n) is 3.67. The lowest BCUT2D eigenvalue weighted by atomic mass is 9.94. The van der Waals surface area contributed by atoms with E-state index >= 15 is 0 Å². The van der Waals surface area contributed by atoms with Gasteiger partial charge in [-0.15, -0.1) is 0 Å². The standard InChI is InChI=1S/C16H15FO/c17-13-5-3-4-11(9-13)8-12-10-16(18)15-7-2-1-6-14(12)15/h1-7,9,12,16,18H,8,10H2/t12-,16-/m1/s1. The van der Waals surface area contributed by atoms with Gasteiger partial charge in [0.25, 0.3) is 0 Å². The molecule has 1 nitrogen and oxygen atoms in total. The summed E-state index contributed by atoms with van der Waals surface area (Å²) in [6.07, 6.45) is 1.14. The molecule has 0 bridgehead atoms. The molecular weight excluding hydrogens is 227 g/mol. The van der Waals surface area contributed by atoms with E-state index in [1.54, 1.807) is 12.1 Å². The van der Waals surface area contributed by atoms with Crippen LogP contribution < -0.4 is 0 Å². The number of fused-ring (bicyclic) bond motifs is 1. The van der Waals surface area contributed by atoms with E-state index in [9.17, 15) is 9.50 Å². The fourth-order valence-corrected chi connectivity index (χ4v) is 2.85. The Morgan fingerprint density at radius 1 is 1.06 bits per heavy atom. The third kappa shape index (κ3) is 2.04. The van der Waals surface area contributed by atoms with Crippen molar-refractivity contribution < 1.29 is 9.50 Å². The molecule has 2 heteroatoms. The van der Waals surface area contributed by atoms with Crippen molar-refractivity contribution in [3.63, 3.8) is 0 Å². The molecule has 1 N–H and O–H groups in total. The van der Waals surface area contributed by atoms with E-state index in [0.717, 1.165) is 24.0 Å². The SMILES string of the molecule is O[C@@H]1C[C@@H](Cc2cccc(F)c2)c2ccccc21. The van der Waals surface area contributed by atoms with Gasteiger partial charge in [-0.2, -0.15) is 0 Å². The van der Waals surface area contributed by atoms with Gasteiger partial charge in [-0.1, -0.05) is 36.4 Å². The molecule has 0 unspecified atom stereocenters. The Balaban J connectivity index is 1.87. The van der Waals surface area contributed by atoms with Gasteiger partial charge in [0.2, 0.25) is 0 Å². The van der Waals surface area contributed by atoms with Crippen molar-refractivity contribution in [1.82, 2.24) is 0 Å². The average molecular weight is 242 g/mol. The Bertz CT molecular complexity index is 565. The zero-order valence-electron chi connectivity index (χ0n) is 10.0. The molecule has 3 rings (SSSR count). The number of aliphatic hydroxyl groups is 1. The fraction of sp³-hybridized carbons (Fsp3) is 0.250. The molecule has 0 aromatic heterocycles. The molecule has 0 saturated heterocycles. The molecule has 0 fully saturated rings. The summed E-state index contributed by atoms with van der Waals surface area (Å²) < 4.78 is 13.2. The zero-order chi connectivity index (χ0) is 12.5. The van der Waals surface area contributed by atoms with Gasteiger partial charge < -0.3 is 5.11 Å². The van der Waals surface area contributed by atoms with Crippen LogP contribution in [0.2, 0.25) is 0 Å². The minimum absolute atomic E-state index is 0.195. The summed E-state index contributed by atoms with van der Waals surface area (Å²) in [6, 6.07) is 14.7. The first-order valence-electron chi connectivity index (χ1n) is 6.25. The molecule has 18 heavy (non-hydrogen) atoms. The van der Waals surface area contributed by atoms with Crippen LogP contribution in [0.3, 0.4) is 0 Å². The second kappa shape index (κ2) is 4.54. The lowest BCUT2D eigenvalue weighted by molar-refractivity contribution is 0.173. The van der Waals surface area contributed by atoms with E-state index in [2.05, 4.69) is 6.07 Å². The van der Waals surface area contributed by atoms with E-state index < -0.39 is 0 Å². The summed E-state index contributed by atoms with van der Waals surface area (Å²) in [5.41, 5.74) is 3.22. The number of benzene rings is 2. The summed E-state index contributed by atoms with van der Waals surface area (Å²) >= 11 is 0. The van der Waals surface area contributed by atoms with Crippen molar-refractivity contribution in [1.29, 1.82) is 0 Å². The van der Waals surface area contributed by atoms with E-state index in [4.69, 9.17) is 0 Å². The molecule has 1 aliphatic rings. The molecule has 0 heterocycles. The highest BCUT2D eigenvalue weighted by atomic mass is 19.1. The van der Waals surface area contributed by atoms with Gasteiger partial charge >= 0.3 is 0 Å². The van der Waals surface area contributed by atoms with Crippen molar-refractivity contribution in [3.05, 3.63) is 71.0 Å². The van der Waals surface area contributed by atoms with Crippen LogP contribution >= 0.6 is 0 Å². The van der Waals surface area contributed by atoms with Crippen LogP contribution in [-0.4, -0.2) is 5.11 Å². The Kier molecular flexibility index (Phi) is 2.88. The molecule has 0 aliphatic heterocycles. The van der Waals surface area contributed by atoms with Gasteiger partial charge in [0.15, 0.2) is 0 Å². The maximum absolute atomic E-state index is 13.2. The summed E-state index contributed by atoms with van der Waals surface area (Å²) in [5, 5.41) is 10.0. The number of halogens is 1. The zero-order valence-corrected chi connectivity index (χ0v) is 10.0. The maximum Gasteiger partial charge on any atom is 0.123 e. The normalized spacial score (nSPS) is 21.9. The van der Waals surface area contributed by atoms with Crippen molar-refractivity contribution in [3.8, 4) is 0 Å². The highest BCUT2D eigenvalue weighted by Gasteiger charge is 2.29. The number of aliphatic hydroxyl groups excluding tert-OH is 1. The van der Waals surface area contributed by atoms with Crippen molar-refractivity contribution >= 4 is 0 Å². The second-order valence-electron chi connectivity index (χ2n) is 4.91. The molecule has 0 radical (unpaired) electrons. The van der Waals surface area contributed by atoms with Gasteiger partial charge in [-0.05, 0) is 47.6 Å². The minimum Gasteiger partial charge on any atom is -0.388 e. The minimum atomic E-state index is -0.375. The van der Waals surface area contributed by atoms with Crippen LogP contribution in [0.4, 0.5) is 4.39 Å². The average Bonchev–Trinajstić information content (AvgIpc) is 2.67. The number of rotatable bonds is 2. The van der Waals surface area contributed by atoms with Crippen LogP contribution in [0, 0.1) is 5.82 Å². The lowest BCUT2D eigenvalue weighted by Crippen LogP contribution is -1.99. The van der Waals surface area contributed by atoms with Gasteiger partial charge in [-0.3, -0.25) is 0 Å². The molecule has 92 valence electrons. The largest absolute Gasteiger partial charge is 0.388 e. The first kappa shape index (κ1) is 11.4. The molecule has 2 aromatic carbocycles. The summed E-state index contributed by atoms with van der Waals surface area (Å²) in [5.74, 6) is 0.0948. The van der Waals surface area contributed by atoms with Crippen LogP contribution in [0.1, 0.15) is 35.1 Å². The topological polar surface area (TPSA) is 20.2 Å². The van der Waals surface area contributed by atoms with Gasteiger partial charge in [-0.25, -0.2) is 4.39 Å². The highest BCUT2D eigenvalue weighted by Crippen LogP contribution is 2.41. The third-order valence-corrected chi connectivity index (χ3v) is 3.67. The van der Waals surface area contributed by atoms with Crippen LogP contribution in [0.5, 0.6) is 0 Å². The first-order chi connectivity index (χ1) is 8.74. The monoisotopic (exact) mass is 242 g/mol. The molecule has 2 aromatic rings. The number of hydrogen-bond donors (Lipinski definition) is 1. The second-order valence-corrected chi connectivity index (χ2v) is 4.91. The van der Waals surface area contributed by atoms with Gasteiger partial charge in [0.1, 0.15) is 5.82 Å². The molecule has 0 saturated carbocycles. The molecule has 0 amide bonds. The Morgan fingerprint density at radius 3 is 2.61 bits per heavy atom. The van der Waals surface area contributed by atoms with Crippen molar-refractivity contribution in [2.24, 2.45) is 0 Å². The summed E-state index contributed by atoms with van der Waals surface area (Å²) in [7, 11) is 0. The first-order valence-corrected chi connectivity index (χ1v) is 6.25. The fourth-order valence-electron chi connectivity index (χ4n) is 2.85. The molecule has 0 spiro atoms. The quantitative estimate of drug-likeness (QED) is 0.853. The van der Waals surface area contributed by atoms with Crippen molar-refractivity contribution in [2.45, 2.75) is 24.9 Å². The Morgan fingerprint density at radius 2 is 1.83 bits per heavy atom. The van der Waals surface area contributed by atoms with Crippen LogP contribution in [-0.2, 0) is 6.42 Å². The van der Waals surface area contributed by atoms with Crippen LogP contribution in [0.25, 0.3) is 0 Å². The lowest BCUT2D eigenvalue weighted by Gasteiger charge is -2.11.